The second-order valence-electron chi connectivity index (χ2n) is 6.53. The maximum absolute atomic E-state index is 12.3. The van der Waals surface area contributed by atoms with E-state index in [9.17, 15) is 9.59 Å². The Kier molecular flexibility index (Phi) is 7.37. The monoisotopic (exact) mass is 426 g/mol. The predicted molar refractivity (Wildman–Crippen MR) is 118 cm³/mol. The average molecular weight is 427 g/mol. The highest BCUT2D eigenvalue weighted by molar-refractivity contribution is 7.99. The number of aryl methyl sites for hydroxylation is 2. The van der Waals surface area contributed by atoms with Crippen LogP contribution >= 0.6 is 23.1 Å². The molecule has 0 aliphatic carbocycles. The van der Waals surface area contributed by atoms with Gasteiger partial charge in [-0.15, -0.1) is 22.0 Å². The van der Waals surface area contributed by atoms with Crippen molar-refractivity contribution >= 4 is 40.6 Å². The zero-order valence-corrected chi connectivity index (χ0v) is 17.9. The summed E-state index contributed by atoms with van der Waals surface area (Å²) in [5.41, 5.74) is 4.01. The minimum atomic E-state index is -0.274. The van der Waals surface area contributed by atoms with Crippen LogP contribution in [0.2, 0.25) is 0 Å². The van der Waals surface area contributed by atoms with Gasteiger partial charge in [-0.05, 0) is 31.0 Å². The molecule has 0 aliphatic heterocycles. The van der Waals surface area contributed by atoms with Gasteiger partial charge in [-0.1, -0.05) is 59.4 Å². The van der Waals surface area contributed by atoms with Crippen LogP contribution in [-0.4, -0.2) is 27.8 Å². The number of carbonyl (C=O) groups is 2. The molecule has 0 spiro atoms. The Morgan fingerprint density at radius 1 is 1.03 bits per heavy atom. The Morgan fingerprint density at radius 2 is 1.79 bits per heavy atom. The summed E-state index contributed by atoms with van der Waals surface area (Å²) in [5, 5.41) is 14.8. The van der Waals surface area contributed by atoms with Crippen molar-refractivity contribution in [2.45, 2.75) is 26.1 Å². The van der Waals surface area contributed by atoms with Gasteiger partial charge in [-0.25, -0.2) is 0 Å². The fraction of sp³-hybridized carbons (Fsp3) is 0.238. The molecule has 0 radical (unpaired) electrons. The normalized spacial score (nSPS) is 10.6. The molecule has 0 fully saturated rings. The van der Waals surface area contributed by atoms with Crippen molar-refractivity contribution in [2.24, 2.45) is 0 Å². The summed E-state index contributed by atoms with van der Waals surface area (Å²) >= 11 is 2.69. The van der Waals surface area contributed by atoms with Crippen LogP contribution in [0.3, 0.4) is 0 Å². The van der Waals surface area contributed by atoms with E-state index in [1.807, 2.05) is 62.4 Å². The molecular weight excluding hydrogens is 404 g/mol. The first kappa shape index (κ1) is 21.0. The minimum Gasteiger partial charge on any atom is -0.351 e. The van der Waals surface area contributed by atoms with Crippen LogP contribution < -0.4 is 10.6 Å². The van der Waals surface area contributed by atoms with Gasteiger partial charge in [-0.2, -0.15) is 0 Å². The average Bonchev–Trinajstić information content (AvgIpc) is 3.18. The van der Waals surface area contributed by atoms with Gasteiger partial charge in [0, 0.05) is 18.0 Å². The molecule has 3 rings (SSSR count). The molecule has 0 atom stereocenters. The molecule has 150 valence electrons. The van der Waals surface area contributed by atoms with E-state index >= 15 is 0 Å². The summed E-state index contributed by atoms with van der Waals surface area (Å²) in [5.74, 6) is 0.560. The second kappa shape index (κ2) is 10.2. The first-order chi connectivity index (χ1) is 14.0. The van der Waals surface area contributed by atoms with E-state index < -0.39 is 0 Å². The topological polar surface area (TPSA) is 84.0 Å². The Hall–Kier alpha value is -2.71. The van der Waals surface area contributed by atoms with Crippen molar-refractivity contribution < 1.29 is 9.59 Å². The third kappa shape index (κ3) is 6.40. The number of anilines is 1. The van der Waals surface area contributed by atoms with Crippen molar-refractivity contribution in [3.63, 3.8) is 0 Å². The number of rotatable bonds is 8. The molecule has 1 heterocycles. The number of nitrogens with one attached hydrogen (secondary N) is 2. The zero-order chi connectivity index (χ0) is 20.6. The molecule has 0 bridgehead atoms. The molecule has 6 nitrogen and oxygen atoms in total. The lowest BCUT2D eigenvalue weighted by atomic mass is 10.1. The highest BCUT2D eigenvalue weighted by Gasteiger charge is 2.14. The maximum atomic E-state index is 12.3. The third-order valence-corrected chi connectivity index (χ3v) is 6.17. The molecular formula is C21H22N4O2S2. The summed E-state index contributed by atoms with van der Waals surface area (Å²) in [6.07, 6.45) is 0. The van der Waals surface area contributed by atoms with Gasteiger partial charge in [0.25, 0.3) is 5.91 Å². The van der Waals surface area contributed by atoms with Crippen LogP contribution in [0.1, 0.15) is 31.5 Å². The molecule has 2 N–H and O–H groups in total. The first-order valence-corrected chi connectivity index (χ1v) is 11.1. The zero-order valence-electron chi connectivity index (χ0n) is 16.3. The Morgan fingerprint density at radius 3 is 2.55 bits per heavy atom. The van der Waals surface area contributed by atoms with Crippen LogP contribution in [0.25, 0.3) is 0 Å². The Bertz CT molecular complexity index is 986. The molecule has 0 aliphatic rings. The van der Waals surface area contributed by atoms with Gasteiger partial charge in [0.15, 0.2) is 0 Å². The van der Waals surface area contributed by atoms with E-state index in [1.165, 1.54) is 28.7 Å². The van der Waals surface area contributed by atoms with Crippen LogP contribution in [0.5, 0.6) is 0 Å². The molecule has 2 amide bonds. The number of nitrogens with zero attached hydrogens (tertiary/aromatic N) is 2. The lowest BCUT2D eigenvalue weighted by molar-refractivity contribution is -0.118. The second-order valence-corrected chi connectivity index (χ2v) is 8.57. The SMILES string of the molecule is Cc1ccc(CNC(=O)CSCc2nnc(C(=O)Nc3ccccc3C)s2)cc1. The number of amides is 2. The first-order valence-electron chi connectivity index (χ1n) is 9.10. The largest absolute Gasteiger partial charge is 0.351 e. The van der Waals surface area contributed by atoms with Gasteiger partial charge in [0.05, 0.1) is 5.75 Å². The highest BCUT2D eigenvalue weighted by atomic mass is 32.2. The molecule has 1 aromatic heterocycles. The standard InChI is InChI=1S/C21H22N4O2S2/c1-14-7-9-16(10-8-14)11-22-18(26)12-28-13-19-24-25-21(29-19)20(27)23-17-6-4-3-5-15(17)2/h3-10H,11-13H2,1-2H3,(H,22,26)(H,23,27). The highest BCUT2D eigenvalue weighted by Crippen LogP contribution is 2.19. The number of thioether (sulfide) groups is 1. The summed E-state index contributed by atoms with van der Waals surface area (Å²) in [4.78, 5) is 24.3. The molecule has 29 heavy (non-hydrogen) atoms. The van der Waals surface area contributed by atoms with Crippen LogP contribution in [0.15, 0.2) is 48.5 Å². The van der Waals surface area contributed by atoms with E-state index in [2.05, 4.69) is 20.8 Å². The smallest absolute Gasteiger partial charge is 0.286 e. The van der Waals surface area contributed by atoms with Gasteiger partial charge in [-0.3, -0.25) is 9.59 Å². The maximum Gasteiger partial charge on any atom is 0.286 e. The fourth-order valence-electron chi connectivity index (χ4n) is 2.48. The van der Waals surface area contributed by atoms with E-state index in [0.717, 1.165) is 21.8 Å². The minimum absolute atomic E-state index is 0.0300. The molecule has 0 unspecified atom stereocenters. The summed E-state index contributed by atoms with van der Waals surface area (Å²) in [6.45, 7) is 4.48. The summed E-state index contributed by atoms with van der Waals surface area (Å²) in [6, 6.07) is 15.6. The number of hydrogen-bond acceptors (Lipinski definition) is 6. The van der Waals surface area contributed by atoms with Crippen molar-refractivity contribution in [1.82, 2.24) is 15.5 Å². The van der Waals surface area contributed by atoms with E-state index in [1.54, 1.807) is 0 Å². The van der Waals surface area contributed by atoms with Gasteiger partial charge in [0.1, 0.15) is 5.01 Å². The van der Waals surface area contributed by atoms with E-state index in [-0.39, 0.29) is 11.8 Å². The molecule has 8 heteroatoms. The lowest BCUT2D eigenvalue weighted by Gasteiger charge is -2.05. The number of benzene rings is 2. The fourth-order valence-corrected chi connectivity index (χ4v) is 4.12. The number of carbonyl (C=O) groups excluding carboxylic acids is 2. The van der Waals surface area contributed by atoms with E-state index in [4.69, 9.17) is 0 Å². The van der Waals surface area contributed by atoms with Crippen LogP contribution in [0.4, 0.5) is 5.69 Å². The van der Waals surface area contributed by atoms with Crippen molar-refractivity contribution in [2.75, 3.05) is 11.1 Å². The Balaban J connectivity index is 1.42. The van der Waals surface area contributed by atoms with Crippen LogP contribution in [-0.2, 0) is 17.1 Å². The van der Waals surface area contributed by atoms with E-state index in [0.29, 0.717) is 23.1 Å². The number of aromatic nitrogens is 2. The number of hydrogen-bond donors (Lipinski definition) is 2. The molecule has 0 saturated carbocycles. The van der Waals surface area contributed by atoms with Crippen molar-refractivity contribution in [3.05, 3.63) is 75.2 Å². The quantitative estimate of drug-likeness (QED) is 0.570. The predicted octanol–water partition coefficient (Wildman–Crippen LogP) is 3.96. The van der Waals surface area contributed by atoms with Gasteiger partial charge in [0.2, 0.25) is 10.9 Å². The number of para-hydroxylation sites is 1. The van der Waals surface area contributed by atoms with Crippen molar-refractivity contribution in [3.8, 4) is 0 Å². The molecule has 3 aromatic rings. The molecule has 2 aromatic carbocycles. The summed E-state index contributed by atoms with van der Waals surface area (Å²) < 4.78 is 0. The van der Waals surface area contributed by atoms with Crippen molar-refractivity contribution in [1.29, 1.82) is 0 Å². The van der Waals surface area contributed by atoms with Crippen LogP contribution in [0, 0.1) is 13.8 Å². The van der Waals surface area contributed by atoms with Gasteiger partial charge < -0.3 is 10.6 Å². The lowest BCUT2D eigenvalue weighted by Crippen LogP contribution is -2.24. The van der Waals surface area contributed by atoms with Gasteiger partial charge >= 0.3 is 0 Å². The Labute approximate surface area is 178 Å². The summed E-state index contributed by atoms with van der Waals surface area (Å²) in [7, 11) is 0. The molecule has 0 saturated heterocycles. The third-order valence-electron chi connectivity index (χ3n) is 4.12.